The van der Waals surface area contributed by atoms with Crippen molar-refractivity contribution in [2.24, 2.45) is 0 Å². The van der Waals surface area contributed by atoms with Crippen LogP contribution >= 0.6 is 0 Å². The van der Waals surface area contributed by atoms with Gasteiger partial charge in [-0.25, -0.2) is 5.43 Å². The molecule has 2 rings (SSSR count). The fourth-order valence-corrected chi connectivity index (χ4v) is 1.99. The van der Waals surface area contributed by atoms with Gasteiger partial charge in [-0.3, -0.25) is 0 Å². The zero-order valence-electron chi connectivity index (χ0n) is 9.48. The van der Waals surface area contributed by atoms with Gasteiger partial charge in [-0.05, 0) is 30.5 Å². The second-order valence-electron chi connectivity index (χ2n) is 4.16. The standard InChI is InChI=1S/C13H18N2O/c16-11-8-12-4-6-13(7-5-12)15-10-3-1-2-9-14-15/h4-7,11,14H,1-3,8-10H2. The maximum absolute atomic E-state index is 10.4. The maximum atomic E-state index is 10.4. The van der Waals surface area contributed by atoms with Crippen LogP contribution in [0, 0.1) is 0 Å². The Morgan fingerprint density at radius 2 is 2.00 bits per heavy atom. The summed E-state index contributed by atoms with van der Waals surface area (Å²) >= 11 is 0. The topological polar surface area (TPSA) is 32.3 Å². The average Bonchev–Trinajstić information content (AvgIpc) is 2.59. The zero-order chi connectivity index (χ0) is 11.2. The van der Waals surface area contributed by atoms with Crippen LogP contribution < -0.4 is 10.4 Å². The van der Waals surface area contributed by atoms with Gasteiger partial charge >= 0.3 is 0 Å². The average molecular weight is 218 g/mol. The maximum Gasteiger partial charge on any atom is 0.124 e. The van der Waals surface area contributed by atoms with Crippen LogP contribution in [0.25, 0.3) is 0 Å². The van der Waals surface area contributed by atoms with Crippen LogP contribution in [0.4, 0.5) is 5.69 Å². The quantitative estimate of drug-likeness (QED) is 0.787. The minimum absolute atomic E-state index is 0.508. The number of hydrazine groups is 1. The van der Waals surface area contributed by atoms with E-state index in [1.807, 2.05) is 12.1 Å². The Morgan fingerprint density at radius 3 is 2.75 bits per heavy atom. The van der Waals surface area contributed by atoms with Gasteiger partial charge in [-0.15, -0.1) is 0 Å². The first-order chi connectivity index (χ1) is 7.90. The van der Waals surface area contributed by atoms with Crippen molar-refractivity contribution in [3.63, 3.8) is 0 Å². The van der Waals surface area contributed by atoms with Crippen molar-refractivity contribution < 1.29 is 4.79 Å². The molecule has 1 aliphatic rings. The predicted octanol–water partition coefficient (Wildman–Crippen LogP) is 1.92. The van der Waals surface area contributed by atoms with Crippen molar-refractivity contribution in [1.29, 1.82) is 0 Å². The lowest BCUT2D eigenvalue weighted by atomic mass is 10.1. The molecule has 16 heavy (non-hydrogen) atoms. The van der Waals surface area contributed by atoms with E-state index in [1.54, 1.807) is 0 Å². The molecular formula is C13H18N2O. The number of carbonyl (C=O) groups excluding carboxylic acids is 1. The minimum Gasteiger partial charge on any atom is -0.308 e. The highest BCUT2D eigenvalue weighted by Gasteiger charge is 2.08. The predicted molar refractivity (Wildman–Crippen MR) is 65.4 cm³/mol. The molecule has 1 aromatic rings. The van der Waals surface area contributed by atoms with E-state index < -0.39 is 0 Å². The van der Waals surface area contributed by atoms with E-state index in [1.165, 1.54) is 24.9 Å². The van der Waals surface area contributed by atoms with Gasteiger partial charge in [-0.1, -0.05) is 18.6 Å². The second kappa shape index (κ2) is 5.66. The molecule has 0 aliphatic carbocycles. The lowest BCUT2D eigenvalue weighted by Crippen LogP contribution is -2.37. The number of hydrogen-bond donors (Lipinski definition) is 1. The third kappa shape index (κ3) is 2.83. The van der Waals surface area contributed by atoms with Gasteiger partial charge < -0.3 is 9.80 Å². The van der Waals surface area contributed by atoms with Crippen LogP contribution in [0.3, 0.4) is 0 Å². The first-order valence-electron chi connectivity index (χ1n) is 5.94. The summed E-state index contributed by atoms with van der Waals surface area (Å²) in [5.41, 5.74) is 5.68. The Hall–Kier alpha value is -1.35. The second-order valence-corrected chi connectivity index (χ2v) is 4.16. The van der Waals surface area contributed by atoms with Gasteiger partial charge in [0.1, 0.15) is 6.29 Å². The van der Waals surface area contributed by atoms with Gasteiger partial charge in [0, 0.05) is 19.5 Å². The molecule has 0 bridgehead atoms. The summed E-state index contributed by atoms with van der Waals surface area (Å²) in [4.78, 5) is 10.4. The van der Waals surface area contributed by atoms with Crippen LogP contribution in [-0.4, -0.2) is 19.4 Å². The van der Waals surface area contributed by atoms with Gasteiger partial charge in [0.25, 0.3) is 0 Å². The SMILES string of the molecule is O=CCc1ccc(N2CCCCCN2)cc1. The van der Waals surface area contributed by atoms with Crippen LogP contribution in [0.5, 0.6) is 0 Å². The molecule has 1 N–H and O–H groups in total. The summed E-state index contributed by atoms with van der Waals surface area (Å²) in [6, 6.07) is 8.21. The van der Waals surface area contributed by atoms with E-state index >= 15 is 0 Å². The van der Waals surface area contributed by atoms with Gasteiger partial charge in [-0.2, -0.15) is 0 Å². The normalized spacial score (nSPS) is 16.9. The van der Waals surface area contributed by atoms with Gasteiger partial charge in [0.05, 0.1) is 5.69 Å². The molecule has 0 saturated carbocycles. The van der Waals surface area contributed by atoms with Gasteiger partial charge in [0.15, 0.2) is 0 Å². The number of rotatable bonds is 3. The number of hydrogen-bond acceptors (Lipinski definition) is 3. The molecule has 1 aromatic carbocycles. The van der Waals surface area contributed by atoms with E-state index in [0.717, 1.165) is 24.9 Å². The Kier molecular flexibility index (Phi) is 3.94. The summed E-state index contributed by atoms with van der Waals surface area (Å²) in [7, 11) is 0. The molecule has 1 fully saturated rings. The molecule has 3 heteroatoms. The lowest BCUT2D eigenvalue weighted by molar-refractivity contribution is -0.107. The monoisotopic (exact) mass is 218 g/mol. The Morgan fingerprint density at radius 1 is 1.19 bits per heavy atom. The van der Waals surface area contributed by atoms with Gasteiger partial charge in [0.2, 0.25) is 0 Å². The fraction of sp³-hybridized carbons (Fsp3) is 0.462. The van der Waals surface area contributed by atoms with Crippen molar-refractivity contribution in [3.8, 4) is 0 Å². The van der Waals surface area contributed by atoms with Crippen LogP contribution in [0.2, 0.25) is 0 Å². The molecule has 86 valence electrons. The van der Waals surface area contributed by atoms with E-state index in [4.69, 9.17) is 0 Å². The van der Waals surface area contributed by atoms with Crippen LogP contribution in [-0.2, 0) is 11.2 Å². The van der Waals surface area contributed by atoms with Crippen LogP contribution in [0.1, 0.15) is 24.8 Å². The molecule has 1 aliphatic heterocycles. The van der Waals surface area contributed by atoms with Crippen molar-refractivity contribution in [2.75, 3.05) is 18.1 Å². The summed E-state index contributed by atoms with van der Waals surface area (Å²) in [6.45, 7) is 2.11. The molecule has 0 spiro atoms. The van der Waals surface area contributed by atoms with E-state index in [0.29, 0.717) is 6.42 Å². The highest BCUT2D eigenvalue weighted by atomic mass is 16.1. The summed E-state index contributed by atoms with van der Waals surface area (Å²) in [6.07, 6.45) is 5.24. The lowest BCUT2D eigenvalue weighted by Gasteiger charge is -2.23. The van der Waals surface area contributed by atoms with E-state index in [-0.39, 0.29) is 0 Å². The number of carbonyl (C=O) groups is 1. The third-order valence-corrected chi connectivity index (χ3v) is 2.93. The molecular weight excluding hydrogens is 200 g/mol. The molecule has 1 saturated heterocycles. The first kappa shape index (κ1) is 11.1. The number of benzene rings is 1. The molecule has 3 nitrogen and oxygen atoms in total. The summed E-state index contributed by atoms with van der Waals surface area (Å²) in [5, 5.41) is 2.21. The number of nitrogens with one attached hydrogen (secondary N) is 1. The van der Waals surface area contributed by atoms with Crippen molar-refractivity contribution >= 4 is 12.0 Å². The Bertz CT molecular complexity index is 326. The number of anilines is 1. The highest BCUT2D eigenvalue weighted by molar-refractivity contribution is 5.56. The molecule has 1 heterocycles. The first-order valence-corrected chi connectivity index (χ1v) is 5.94. The van der Waals surface area contributed by atoms with E-state index in [9.17, 15) is 4.79 Å². The zero-order valence-corrected chi connectivity index (χ0v) is 9.48. The smallest absolute Gasteiger partial charge is 0.124 e. The highest BCUT2D eigenvalue weighted by Crippen LogP contribution is 2.16. The number of aldehydes is 1. The molecule has 0 atom stereocenters. The molecule has 0 amide bonds. The van der Waals surface area contributed by atoms with Crippen LogP contribution in [0.15, 0.2) is 24.3 Å². The van der Waals surface area contributed by atoms with Crippen molar-refractivity contribution in [2.45, 2.75) is 25.7 Å². The minimum atomic E-state index is 0.508. The van der Waals surface area contributed by atoms with E-state index in [2.05, 4.69) is 22.6 Å². The summed E-state index contributed by atoms with van der Waals surface area (Å²) in [5.74, 6) is 0. The van der Waals surface area contributed by atoms with Crippen molar-refractivity contribution in [1.82, 2.24) is 5.43 Å². The van der Waals surface area contributed by atoms with Crippen molar-refractivity contribution in [3.05, 3.63) is 29.8 Å². The molecule has 0 radical (unpaired) electrons. The Labute approximate surface area is 96.4 Å². The fourth-order valence-electron chi connectivity index (χ4n) is 1.99. The molecule has 0 unspecified atom stereocenters. The summed E-state index contributed by atoms with van der Waals surface area (Å²) < 4.78 is 0. The number of nitrogens with zero attached hydrogens (tertiary/aromatic N) is 1. The third-order valence-electron chi connectivity index (χ3n) is 2.93. The molecule has 0 aromatic heterocycles. The largest absolute Gasteiger partial charge is 0.308 e. The Balaban J connectivity index is 2.04.